The molecule has 3 aromatic rings. The van der Waals surface area contributed by atoms with E-state index in [2.05, 4.69) is 10.1 Å². The smallest absolute Gasteiger partial charge is 0.480 e. The first-order chi connectivity index (χ1) is 16.6. The molecule has 0 saturated carbocycles. The van der Waals surface area contributed by atoms with E-state index in [0.717, 1.165) is 34.4 Å². The van der Waals surface area contributed by atoms with Crippen molar-refractivity contribution < 1.29 is 37.3 Å². The zero-order chi connectivity index (χ0) is 25.2. The Bertz CT molecular complexity index is 1220. The summed E-state index contributed by atoms with van der Waals surface area (Å²) >= 11 is 5.87. The van der Waals surface area contributed by atoms with Gasteiger partial charge in [0, 0.05) is 17.4 Å². The lowest BCUT2D eigenvalue weighted by Crippen LogP contribution is -2.43. The van der Waals surface area contributed by atoms with E-state index in [1.807, 2.05) is 48.5 Å². The van der Waals surface area contributed by atoms with Crippen LogP contribution in [0.3, 0.4) is 0 Å². The number of benzene rings is 3. The Morgan fingerprint density at radius 1 is 1.00 bits per heavy atom. The van der Waals surface area contributed by atoms with Crippen molar-refractivity contribution in [2.75, 3.05) is 6.61 Å². The number of rotatable bonds is 7. The lowest BCUT2D eigenvalue weighted by molar-refractivity contribution is -0.274. The molecule has 1 amide bonds. The van der Waals surface area contributed by atoms with Gasteiger partial charge in [-0.1, -0.05) is 60.1 Å². The fourth-order valence-electron chi connectivity index (χ4n) is 4.13. The van der Waals surface area contributed by atoms with Gasteiger partial charge < -0.3 is 19.9 Å². The van der Waals surface area contributed by atoms with Gasteiger partial charge in [0.05, 0.1) is 0 Å². The number of amides is 1. The van der Waals surface area contributed by atoms with E-state index in [1.54, 1.807) is 0 Å². The Hall–Kier alpha value is -3.72. The van der Waals surface area contributed by atoms with Crippen molar-refractivity contribution in [3.05, 3.63) is 88.4 Å². The quantitative estimate of drug-likeness (QED) is 0.425. The summed E-state index contributed by atoms with van der Waals surface area (Å²) in [5.74, 6) is -2.31. The number of hydrogen-bond acceptors (Lipinski definition) is 4. The van der Waals surface area contributed by atoms with Crippen molar-refractivity contribution in [3.8, 4) is 16.9 Å². The zero-order valence-electron chi connectivity index (χ0n) is 18.0. The molecule has 0 unspecified atom stereocenters. The fourth-order valence-corrected chi connectivity index (χ4v) is 4.33. The standard InChI is InChI=1S/C25H19ClF3NO5/c26-15-9-10-22(35-25(27,28)29)14(11-15)12-21(23(31)32)30-24(33)34-13-20-18-7-3-1-5-16(18)17-6-2-4-8-19(17)20/h1-11,20-21H,12-13H2,(H,30,33)(H,31,32)/t21-/m0/s1. The fraction of sp³-hybridized carbons (Fsp3) is 0.200. The summed E-state index contributed by atoms with van der Waals surface area (Å²) in [6.45, 7) is -0.0498. The summed E-state index contributed by atoms with van der Waals surface area (Å²) in [5.41, 5.74) is 3.87. The summed E-state index contributed by atoms with van der Waals surface area (Å²) < 4.78 is 47.5. The number of alkyl halides is 3. The molecule has 0 heterocycles. The van der Waals surface area contributed by atoms with Gasteiger partial charge in [-0.3, -0.25) is 0 Å². The number of nitrogens with one attached hydrogen (secondary N) is 1. The van der Waals surface area contributed by atoms with Crippen LogP contribution in [-0.2, 0) is 16.0 Å². The molecular formula is C25H19ClF3NO5. The number of halogens is 4. The van der Waals surface area contributed by atoms with Crippen LogP contribution in [0.5, 0.6) is 5.75 Å². The largest absolute Gasteiger partial charge is 0.573 e. The molecule has 2 N–H and O–H groups in total. The number of ether oxygens (including phenoxy) is 2. The third-order valence-corrected chi connectivity index (χ3v) is 5.84. The Kier molecular flexibility index (Phi) is 6.88. The van der Waals surface area contributed by atoms with Gasteiger partial charge in [-0.15, -0.1) is 13.2 Å². The first-order valence-electron chi connectivity index (χ1n) is 10.5. The molecule has 4 rings (SSSR count). The number of fused-ring (bicyclic) bond motifs is 3. The molecule has 0 radical (unpaired) electrons. The number of carboxylic acid groups (broad SMARTS) is 1. The predicted molar refractivity (Wildman–Crippen MR) is 121 cm³/mol. The average molecular weight is 506 g/mol. The van der Waals surface area contributed by atoms with Gasteiger partial charge >= 0.3 is 18.4 Å². The summed E-state index contributed by atoms with van der Waals surface area (Å²) in [4.78, 5) is 24.2. The topological polar surface area (TPSA) is 84.9 Å². The van der Waals surface area contributed by atoms with Crippen LogP contribution in [0.4, 0.5) is 18.0 Å². The predicted octanol–water partition coefficient (Wildman–Crippen LogP) is 5.77. The monoisotopic (exact) mass is 505 g/mol. The zero-order valence-corrected chi connectivity index (χ0v) is 18.8. The Balaban J connectivity index is 1.46. The van der Waals surface area contributed by atoms with Crippen molar-refractivity contribution in [3.63, 3.8) is 0 Å². The minimum absolute atomic E-state index is 0.0498. The van der Waals surface area contributed by atoms with Gasteiger partial charge in [0.2, 0.25) is 0 Å². The molecule has 0 saturated heterocycles. The first kappa shape index (κ1) is 24.4. The maximum atomic E-state index is 12.7. The van der Waals surface area contributed by atoms with Gasteiger partial charge in [0.1, 0.15) is 18.4 Å². The third kappa shape index (κ3) is 5.68. The summed E-state index contributed by atoms with van der Waals surface area (Å²) in [5, 5.41) is 11.8. The Morgan fingerprint density at radius 3 is 2.17 bits per heavy atom. The van der Waals surface area contributed by atoms with E-state index in [0.29, 0.717) is 0 Å². The third-order valence-electron chi connectivity index (χ3n) is 5.61. The molecule has 0 fully saturated rings. The lowest BCUT2D eigenvalue weighted by atomic mass is 9.98. The highest BCUT2D eigenvalue weighted by Crippen LogP contribution is 2.44. The highest BCUT2D eigenvalue weighted by atomic mass is 35.5. The molecule has 0 aliphatic heterocycles. The number of carbonyl (C=O) groups excluding carboxylic acids is 1. The molecule has 6 nitrogen and oxygen atoms in total. The van der Waals surface area contributed by atoms with Crippen molar-refractivity contribution in [1.29, 1.82) is 0 Å². The number of hydrogen-bond donors (Lipinski definition) is 2. The molecule has 0 spiro atoms. The summed E-state index contributed by atoms with van der Waals surface area (Å²) in [6.07, 6.45) is -6.51. The van der Waals surface area contributed by atoms with E-state index < -0.39 is 36.6 Å². The molecular weight excluding hydrogens is 487 g/mol. The average Bonchev–Trinajstić information content (AvgIpc) is 3.12. The van der Waals surface area contributed by atoms with Crippen LogP contribution >= 0.6 is 11.6 Å². The van der Waals surface area contributed by atoms with E-state index in [9.17, 15) is 27.9 Å². The van der Waals surface area contributed by atoms with Crippen molar-refractivity contribution in [2.45, 2.75) is 24.7 Å². The second kappa shape index (κ2) is 9.87. The SMILES string of the molecule is O=C(N[C@@H](Cc1cc(Cl)ccc1OC(F)(F)F)C(=O)O)OCC1c2ccccc2-c2ccccc21. The number of carboxylic acids is 1. The second-order valence-electron chi connectivity index (χ2n) is 7.86. The van der Waals surface area contributed by atoms with Crippen LogP contribution in [-0.4, -0.2) is 36.2 Å². The molecule has 1 atom stereocenters. The van der Waals surface area contributed by atoms with E-state index in [-0.39, 0.29) is 23.1 Å². The first-order valence-corrected chi connectivity index (χ1v) is 10.9. The maximum absolute atomic E-state index is 12.7. The highest BCUT2D eigenvalue weighted by molar-refractivity contribution is 6.30. The van der Waals surface area contributed by atoms with E-state index in [4.69, 9.17) is 16.3 Å². The molecule has 0 aromatic heterocycles. The van der Waals surface area contributed by atoms with Crippen molar-refractivity contribution in [1.82, 2.24) is 5.32 Å². The minimum atomic E-state index is -4.98. The summed E-state index contributed by atoms with van der Waals surface area (Å²) in [7, 11) is 0. The number of alkyl carbamates (subject to hydrolysis) is 1. The Labute approximate surface area is 203 Å². The van der Waals surface area contributed by atoms with Crippen molar-refractivity contribution in [2.24, 2.45) is 0 Å². The minimum Gasteiger partial charge on any atom is -0.480 e. The van der Waals surface area contributed by atoms with E-state index in [1.165, 1.54) is 6.07 Å². The molecule has 3 aromatic carbocycles. The highest BCUT2D eigenvalue weighted by Gasteiger charge is 2.33. The molecule has 35 heavy (non-hydrogen) atoms. The molecule has 182 valence electrons. The van der Waals surface area contributed by atoms with Gasteiger partial charge in [-0.2, -0.15) is 0 Å². The van der Waals surface area contributed by atoms with Gasteiger partial charge in [-0.25, -0.2) is 9.59 Å². The van der Waals surface area contributed by atoms with Crippen LogP contribution in [0.2, 0.25) is 5.02 Å². The van der Waals surface area contributed by atoms with Crippen molar-refractivity contribution >= 4 is 23.7 Å². The molecule has 1 aliphatic rings. The van der Waals surface area contributed by atoms with Gasteiger partial charge in [0.25, 0.3) is 0 Å². The van der Waals surface area contributed by atoms with E-state index >= 15 is 0 Å². The molecule has 1 aliphatic carbocycles. The number of aliphatic carboxylic acids is 1. The molecule has 0 bridgehead atoms. The van der Waals surface area contributed by atoms with Crippen LogP contribution in [0.15, 0.2) is 66.7 Å². The maximum Gasteiger partial charge on any atom is 0.573 e. The van der Waals surface area contributed by atoms with Crippen LogP contribution in [0, 0.1) is 0 Å². The Morgan fingerprint density at radius 2 is 1.60 bits per heavy atom. The lowest BCUT2D eigenvalue weighted by Gasteiger charge is -2.19. The van der Waals surface area contributed by atoms with Crippen LogP contribution in [0.1, 0.15) is 22.6 Å². The normalized spacial score (nSPS) is 13.5. The summed E-state index contributed by atoms with van der Waals surface area (Å²) in [6, 6.07) is 17.1. The van der Waals surface area contributed by atoms with Gasteiger partial charge in [-0.05, 0) is 46.0 Å². The second-order valence-corrected chi connectivity index (χ2v) is 8.30. The molecule has 10 heteroatoms. The van der Waals surface area contributed by atoms with Gasteiger partial charge in [0.15, 0.2) is 0 Å². The van der Waals surface area contributed by atoms with Crippen LogP contribution in [0.25, 0.3) is 11.1 Å². The number of carbonyl (C=O) groups is 2. The van der Waals surface area contributed by atoms with Crippen LogP contribution < -0.4 is 10.1 Å².